The molecular weight excluding hydrogens is 392 g/mol. The van der Waals surface area contributed by atoms with Gasteiger partial charge in [0.15, 0.2) is 0 Å². The largest absolute Gasteiger partial charge is 0.283 e. The molecule has 2 spiro atoms. The Morgan fingerprint density at radius 2 is 0.938 bits per heavy atom. The van der Waals surface area contributed by atoms with Gasteiger partial charge in [-0.1, -0.05) is 87.1 Å². The van der Waals surface area contributed by atoms with Gasteiger partial charge in [0.25, 0.3) is 0 Å². The van der Waals surface area contributed by atoms with Crippen LogP contribution in [0, 0.1) is 0 Å². The molecule has 2 saturated carbocycles. The molecule has 0 atom stereocenters. The fraction of sp³-hybridized carbons (Fsp3) is 0.500. The Morgan fingerprint density at radius 1 is 0.531 bits per heavy atom. The zero-order valence-corrected chi connectivity index (χ0v) is 19.0. The number of hydrogen-bond donors (Lipinski definition) is 2. The fourth-order valence-electron chi connectivity index (χ4n) is 6.50. The second-order valence-electron chi connectivity index (χ2n) is 10.4. The number of nitrogens with zero attached hydrogens (tertiary/aromatic N) is 2. The molecule has 4 heteroatoms. The molecule has 0 unspecified atom stereocenters. The minimum atomic E-state index is 0.0630. The Labute approximate surface area is 191 Å². The number of hydrogen-bond acceptors (Lipinski definition) is 4. The third-order valence-electron chi connectivity index (χ3n) is 8.15. The molecule has 0 aromatic heterocycles. The van der Waals surface area contributed by atoms with E-state index >= 15 is 0 Å². The van der Waals surface area contributed by atoms with E-state index in [9.17, 15) is 0 Å². The molecule has 0 amide bonds. The maximum atomic E-state index is 5.35. The average Bonchev–Trinajstić information content (AvgIpc) is 2.83. The summed E-state index contributed by atoms with van der Waals surface area (Å²) >= 11 is 0. The van der Waals surface area contributed by atoms with Gasteiger partial charge in [-0.3, -0.25) is 20.8 Å². The molecule has 0 saturated heterocycles. The van der Waals surface area contributed by atoms with E-state index in [-0.39, 0.29) is 11.1 Å². The molecule has 2 aliphatic heterocycles. The summed E-state index contributed by atoms with van der Waals surface area (Å²) in [6.07, 6.45) is 14.7. The highest BCUT2D eigenvalue weighted by atomic mass is 15.4. The number of hydrazine groups is 1. The zero-order chi connectivity index (χ0) is 21.4. The monoisotopic (exact) mass is 426 g/mol. The van der Waals surface area contributed by atoms with E-state index in [1.165, 1.54) is 86.5 Å². The van der Waals surface area contributed by atoms with Gasteiger partial charge in [-0.05, 0) is 49.7 Å². The molecule has 2 aromatic carbocycles. The number of nitrogens with one attached hydrogen (secondary N) is 2. The van der Waals surface area contributed by atoms with Gasteiger partial charge >= 0.3 is 0 Å². The molecule has 4 aliphatic rings. The van der Waals surface area contributed by atoms with Crippen LogP contribution in [0.15, 0.2) is 58.5 Å². The Morgan fingerprint density at radius 3 is 1.38 bits per heavy atom. The zero-order valence-electron chi connectivity index (χ0n) is 19.0. The summed E-state index contributed by atoms with van der Waals surface area (Å²) < 4.78 is 0. The lowest BCUT2D eigenvalue weighted by Crippen LogP contribution is -2.50. The van der Waals surface area contributed by atoms with Gasteiger partial charge in [-0.25, -0.2) is 0 Å². The summed E-state index contributed by atoms with van der Waals surface area (Å²) in [5.74, 6) is 1.97. The highest BCUT2D eigenvalue weighted by Crippen LogP contribution is 2.40. The fourth-order valence-corrected chi connectivity index (χ4v) is 6.50. The van der Waals surface area contributed by atoms with Gasteiger partial charge < -0.3 is 0 Å². The third kappa shape index (κ3) is 3.64. The first-order valence-corrected chi connectivity index (χ1v) is 12.6. The van der Waals surface area contributed by atoms with Crippen molar-refractivity contribution in [2.75, 3.05) is 0 Å². The summed E-state index contributed by atoms with van der Waals surface area (Å²) in [5, 5.41) is 0. The van der Waals surface area contributed by atoms with Crippen LogP contribution in [0.2, 0.25) is 0 Å². The number of fused-ring (bicyclic) bond motifs is 2. The lowest BCUT2D eigenvalue weighted by atomic mass is 9.75. The van der Waals surface area contributed by atoms with Crippen molar-refractivity contribution in [2.24, 2.45) is 9.98 Å². The molecule has 166 valence electrons. The maximum Gasteiger partial charge on any atom is 0.147 e. The first-order valence-electron chi connectivity index (χ1n) is 12.6. The van der Waals surface area contributed by atoms with Crippen molar-refractivity contribution in [1.82, 2.24) is 10.9 Å². The Hall–Kier alpha value is -2.62. The first kappa shape index (κ1) is 20.0. The van der Waals surface area contributed by atoms with E-state index in [2.05, 4.69) is 59.4 Å². The Balaban J connectivity index is 1.33. The quantitative estimate of drug-likeness (QED) is 0.547. The van der Waals surface area contributed by atoms with E-state index in [1.54, 1.807) is 0 Å². The van der Waals surface area contributed by atoms with Crippen molar-refractivity contribution in [3.8, 4) is 0 Å². The molecule has 32 heavy (non-hydrogen) atoms. The number of amidine groups is 2. The van der Waals surface area contributed by atoms with Gasteiger partial charge in [-0.15, -0.1) is 0 Å². The molecule has 2 heterocycles. The van der Waals surface area contributed by atoms with Crippen LogP contribution in [-0.4, -0.2) is 22.7 Å². The molecule has 2 aliphatic carbocycles. The van der Waals surface area contributed by atoms with E-state index in [1.807, 2.05) is 0 Å². The van der Waals surface area contributed by atoms with E-state index in [4.69, 9.17) is 9.98 Å². The Kier molecular flexibility index (Phi) is 5.04. The van der Waals surface area contributed by atoms with Crippen LogP contribution in [0.4, 0.5) is 0 Å². The van der Waals surface area contributed by atoms with Gasteiger partial charge in [-0.2, -0.15) is 0 Å². The molecule has 0 radical (unpaired) electrons. The minimum Gasteiger partial charge on any atom is -0.283 e. The molecule has 2 N–H and O–H groups in total. The minimum absolute atomic E-state index is 0.0630. The van der Waals surface area contributed by atoms with Crippen molar-refractivity contribution in [3.05, 3.63) is 70.8 Å². The summed E-state index contributed by atoms with van der Waals surface area (Å²) in [7, 11) is 0. The van der Waals surface area contributed by atoms with Crippen LogP contribution >= 0.6 is 0 Å². The topological polar surface area (TPSA) is 48.8 Å². The lowest BCUT2D eigenvalue weighted by Gasteiger charge is -2.39. The van der Waals surface area contributed by atoms with Gasteiger partial charge in [0, 0.05) is 11.1 Å². The van der Waals surface area contributed by atoms with Gasteiger partial charge in [0.05, 0.1) is 11.1 Å². The van der Waals surface area contributed by atoms with Crippen molar-refractivity contribution in [2.45, 2.75) is 88.1 Å². The van der Waals surface area contributed by atoms with Crippen LogP contribution in [0.3, 0.4) is 0 Å². The summed E-state index contributed by atoms with van der Waals surface area (Å²) in [6.45, 7) is 0. The van der Waals surface area contributed by atoms with Crippen molar-refractivity contribution < 1.29 is 0 Å². The maximum absolute atomic E-state index is 5.35. The smallest absolute Gasteiger partial charge is 0.147 e. The average molecular weight is 427 g/mol. The van der Waals surface area contributed by atoms with Crippen LogP contribution in [0.5, 0.6) is 0 Å². The van der Waals surface area contributed by atoms with Crippen molar-refractivity contribution in [3.63, 3.8) is 0 Å². The molecular formula is C28H34N4. The van der Waals surface area contributed by atoms with Crippen molar-refractivity contribution in [1.29, 1.82) is 0 Å². The van der Waals surface area contributed by atoms with E-state index in [0.29, 0.717) is 0 Å². The molecule has 0 bridgehead atoms. The normalized spacial score (nSPS) is 23.0. The number of benzene rings is 2. The van der Waals surface area contributed by atoms with E-state index in [0.717, 1.165) is 24.5 Å². The standard InChI is InChI=1S/C28H34N4/c1-7-15-27(16-8-1)19-21-11-3-5-13-23(21)25(29-27)31-32-26-24-14-6-4-12-22(24)20-28(30-26)17-9-2-10-18-28/h3-6,11-14H,1-2,7-10,15-20H2,(H,29,31)(H,30,32). The van der Waals surface area contributed by atoms with Gasteiger partial charge in [0.2, 0.25) is 0 Å². The molecule has 2 aromatic rings. The van der Waals surface area contributed by atoms with Crippen LogP contribution in [-0.2, 0) is 12.8 Å². The number of rotatable bonds is 0. The second-order valence-corrected chi connectivity index (χ2v) is 10.4. The number of aliphatic imine (C=N–C) groups is 2. The highest BCUT2D eigenvalue weighted by molar-refractivity contribution is 6.06. The Bertz CT molecular complexity index is 969. The lowest BCUT2D eigenvalue weighted by molar-refractivity contribution is 0.291. The second kappa shape index (κ2) is 8.06. The molecule has 6 rings (SSSR count). The van der Waals surface area contributed by atoms with Crippen LogP contribution in [0.1, 0.15) is 86.5 Å². The summed E-state index contributed by atoms with van der Waals surface area (Å²) in [6, 6.07) is 17.6. The third-order valence-corrected chi connectivity index (χ3v) is 8.15. The van der Waals surface area contributed by atoms with E-state index < -0.39 is 0 Å². The van der Waals surface area contributed by atoms with Crippen LogP contribution < -0.4 is 10.9 Å². The van der Waals surface area contributed by atoms with Gasteiger partial charge in [0.1, 0.15) is 11.7 Å². The predicted molar refractivity (Wildman–Crippen MR) is 131 cm³/mol. The molecule has 4 nitrogen and oxygen atoms in total. The molecule has 2 fully saturated rings. The van der Waals surface area contributed by atoms with Crippen LogP contribution in [0.25, 0.3) is 0 Å². The SMILES string of the molecule is c1ccc2c(c1)CC1(CCCCC1)N=C2NNC1=NC2(CCCCC2)Cc2ccccc21. The first-order chi connectivity index (χ1) is 15.7. The predicted octanol–water partition coefficient (Wildman–Crippen LogP) is 5.49. The van der Waals surface area contributed by atoms with Crippen molar-refractivity contribution >= 4 is 11.7 Å². The highest BCUT2D eigenvalue weighted by Gasteiger charge is 2.38. The summed E-state index contributed by atoms with van der Waals surface area (Å²) in [5.41, 5.74) is 12.5. The summed E-state index contributed by atoms with van der Waals surface area (Å²) in [4.78, 5) is 10.7.